The summed E-state index contributed by atoms with van der Waals surface area (Å²) in [6.45, 7) is 0. The van der Waals surface area contributed by atoms with Gasteiger partial charge < -0.3 is 5.32 Å². The standard InChI is InChI=1S/C17H17NO3S2/c19-17(18-14-10-11-23(20,21)12-14)9-7-15-6-8-16(22-15)13-4-2-1-3-5-13/h1-9,14H,10-12H2,(H,18,19)/b9-7+. The molecule has 1 saturated heterocycles. The first kappa shape index (κ1) is 16.0. The van der Waals surface area contributed by atoms with Crippen molar-refractivity contribution in [2.24, 2.45) is 0 Å². The van der Waals surface area contributed by atoms with E-state index in [1.807, 2.05) is 42.5 Å². The van der Waals surface area contributed by atoms with Gasteiger partial charge in [0.05, 0.1) is 11.5 Å². The lowest BCUT2D eigenvalue weighted by molar-refractivity contribution is -0.116. The van der Waals surface area contributed by atoms with Crippen LogP contribution in [0.25, 0.3) is 16.5 Å². The van der Waals surface area contributed by atoms with Crippen LogP contribution in [0.2, 0.25) is 0 Å². The average molecular weight is 347 g/mol. The fraction of sp³-hybridized carbons (Fsp3) is 0.235. The number of thiophene rings is 1. The second-order valence-corrected chi connectivity index (χ2v) is 8.85. The highest BCUT2D eigenvalue weighted by Crippen LogP contribution is 2.28. The van der Waals surface area contributed by atoms with Crippen LogP contribution in [0.5, 0.6) is 0 Å². The van der Waals surface area contributed by atoms with Gasteiger partial charge in [-0.1, -0.05) is 30.3 Å². The number of carbonyl (C=O) groups excluding carboxylic acids is 1. The topological polar surface area (TPSA) is 63.2 Å². The van der Waals surface area contributed by atoms with Crippen molar-refractivity contribution in [3.05, 3.63) is 53.4 Å². The van der Waals surface area contributed by atoms with Gasteiger partial charge in [0, 0.05) is 21.9 Å². The second kappa shape index (κ2) is 6.68. The zero-order chi connectivity index (χ0) is 16.3. The Morgan fingerprint density at radius 3 is 2.65 bits per heavy atom. The van der Waals surface area contributed by atoms with E-state index >= 15 is 0 Å². The summed E-state index contributed by atoms with van der Waals surface area (Å²) in [5.41, 5.74) is 1.15. The molecule has 2 aromatic rings. The fourth-order valence-corrected chi connectivity index (χ4v) is 5.11. The van der Waals surface area contributed by atoms with Crippen molar-refractivity contribution >= 4 is 33.2 Å². The predicted octanol–water partition coefficient (Wildman–Crippen LogP) is 2.73. The number of hydrogen-bond donors (Lipinski definition) is 1. The quantitative estimate of drug-likeness (QED) is 0.865. The number of rotatable bonds is 4. The Balaban J connectivity index is 1.60. The highest BCUT2D eigenvalue weighted by atomic mass is 32.2. The molecule has 23 heavy (non-hydrogen) atoms. The Morgan fingerprint density at radius 2 is 1.96 bits per heavy atom. The lowest BCUT2D eigenvalue weighted by atomic mass is 10.2. The zero-order valence-electron chi connectivity index (χ0n) is 12.4. The molecule has 1 aliphatic rings. The zero-order valence-corrected chi connectivity index (χ0v) is 14.1. The molecular formula is C17H17NO3S2. The normalized spacial score (nSPS) is 19.9. The molecule has 0 bridgehead atoms. The van der Waals surface area contributed by atoms with Crippen LogP contribution in [0.4, 0.5) is 0 Å². The van der Waals surface area contributed by atoms with Crippen molar-refractivity contribution in [3.8, 4) is 10.4 Å². The summed E-state index contributed by atoms with van der Waals surface area (Å²) in [6, 6.07) is 13.8. The Bertz CT molecular complexity index is 823. The third-order valence-electron chi connectivity index (χ3n) is 3.66. The van der Waals surface area contributed by atoms with E-state index in [0.717, 1.165) is 15.3 Å². The molecule has 1 aromatic heterocycles. The summed E-state index contributed by atoms with van der Waals surface area (Å²) < 4.78 is 22.7. The van der Waals surface area contributed by atoms with Gasteiger partial charge in [0.2, 0.25) is 5.91 Å². The van der Waals surface area contributed by atoms with E-state index in [2.05, 4.69) is 5.32 Å². The average Bonchev–Trinajstić information content (AvgIpc) is 3.13. The van der Waals surface area contributed by atoms with Crippen LogP contribution >= 0.6 is 11.3 Å². The SMILES string of the molecule is O=C(/C=C/c1ccc(-c2ccccc2)s1)NC1CCS(=O)(=O)C1. The molecule has 1 N–H and O–H groups in total. The van der Waals surface area contributed by atoms with Gasteiger partial charge in [0.1, 0.15) is 0 Å². The van der Waals surface area contributed by atoms with Gasteiger partial charge in [0.25, 0.3) is 0 Å². The molecule has 1 unspecified atom stereocenters. The number of amides is 1. The van der Waals surface area contributed by atoms with E-state index in [-0.39, 0.29) is 23.5 Å². The first-order valence-corrected chi connectivity index (χ1v) is 10.00. The van der Waals surface area contributed by atoms with Gasteiger partial charge in [-0.15, -0.1) is 11.3 Å². The molecule has 120 valence electrons. The number of carbonyl (C=O) groups is 1. The molecule has 0 spiro atoms. The minimum Gasteiger partial charge on any atom is -0.349 e. The predicted molar refractivity (Wildman–Crippen MR) is 94.0 cm³/mol. The van der Waals surface area contributed by atoms with Crippen LogP contribution in [-0.2, 0) is 14.6 Å². The molecule has 1 amide bonds. The Morgan fingerprint density at radius 1 is 1.17 bits per heavy atom. The molecule has 1 aliphatic heterocycles. The molecule has 6 heteroatoms. The highest BCUT2D eigenvalue weighted by molar-refractivity contribution is 7.91. The van der Waals surface area contributed by atoms with Crippen molar-refractivity contribution in [1.29, 1.82) is 0 Å². The third kappa shape index (κ3) is 4.30. The number of sulfone groups is 1. The van der Waals surface area contributed by atoms with Gasteiger partial charge in [-0.2, -0.15) is 0 Å². The number of benzene rings is 1. The summed E-state index contributed by atoms with van der Waals surface area (Å²) in [5, 5.41) is 2.74. The summed E-state index contributed by atoms with van der Waals surface area (Å²) in [6.07, 6.45) is 3.72. The Kier molecular flexibility index (Phi) is 4.63. The van der Waals surface area contributed by atoms with E-state index in [1.54, 1.807) is 17.4 Å². The monoisotopic (exact) mass is 347 g/mol. The van der Waals surface area contributed by atoms with Crippen LogP contribution in [0.15, 0.2) is 48.5 Å². The van der Waals surface area contributed by atoms with Gasteiger partial charge in [-0.25, -0.2) is 8.42 Å². The molecule has 0 saturated carbocycles. The van der Waals surface area contributed by atoms with E-state index < -0.39 is 9.84 Å². The summed E-state index contributed by atoms with van der Waals surface area (Å²) in [7, 11) is -2.97. The van der Waals surface area contributed by atoms with E-state index in [9.17, 15) is 13.2 Å². The first-order valence-electron chi connectivity index (χ1n) is 7.36. The smallest absolute Gasteiger partial charge is 0.244 e. The van der Waals surface area contributed by atoms with Crippen molar-refractivity contribution in [3.63, 3.8) is 0 Å². The van der Waals surface area contributed by atoms with Gasteiger partial charge in [-0.05, 0) is 30.2 Å². The lowest BCUT2D eigenvalue weighted by Gasteiger charge is -2.07. The minimum absolute atomic E-state index is 0.0454. The summed E-state index contributed by atoms with van der Waals surface area (Å²) in [5.74, 6) is -0.0433. The molecule has 1 aromatic carbocycles. The van der Waals surface area contributed by atoms with E-state index in [4.69, 9.17) is 0 Å². The number of nitrogens with one attached hydrogen (secondary N) is 1. The van der Waals surface area contributed by atoms with Gasteiger partial charge >= 0.3 is 0 Å². The molecule has 3 rings (SSSR count). The third-order valence-corrected chi connectivity index (χ3v) is 6.53. The fourth-order valence-electron chi connectivity index (χ4n) is 2.52. The van der Waals surface area contributed by atoms with Gasteiger partial charge in [-0.3, -0.25) is 4.79 Å². The second-order valence-electron chi connectivity index (χ2n) is 5.51. The van der Waals surface area contributed by atoms with E-state index in [1.165, 1.54) is 6.08 Å². The van der Waals surface area contributed by atoms with Gasteiger partial charge in [0.15, 0.2) is 9.84 Å². The van der Waals surface area contributed by atoms with Crippen LogP contribution in [-0.4, -0.2) is 31.9 Å². The van der Waals surface area contributed by atoms with Crippen LogP contribution in [0.1, 0.15) is 11.3 Å². The maximum absolute atomic E-state index is 11.9. The Labute approximate surface area is 139 Å². The first-order chi connectivity index (χ1) is 11.0. The van der Waals surface area contributed by atoms with Crippen molar-refractivity contribution in [2.45, 2.75) is 12.5 Å². The van der Waals surface area contributed by atoms with Crippen LogP contribution in [0.3, 0.4) is 0 Å². The van der Waals surface area contributed by atoms with Crippen molar-refractivity contribution in [2.75, 3.05) is 11.5 Å². The highest BCUT2D eigenvalue weighted by Gasteiger charge is 2.28. The molecule has 1 fully saturated rings. The molecule has 2 heterocycles. The minimum atomic E-state index is -2.97. The largest absolute Gasteiger partial charge is 0.349 e. The Hall–Kier alpha value is -1.92. The number of hydrogen-bond acceptors (Lipinski definition) is 4. The molecule has 0 radical (unpaired) electrons. The molecule has 1 atom stereocenters. The summed E-state index contributed by atoms with van der Waals surface area (Å²) >= 11 is 1.61. The van der Waals surface area contributed by atoms with E-state index in [0.29, 0.717) is 6.42 Å². The maximum Gasteiger partial charge on any atom is 0.244 e. The molecular weight excluding hydrogens is 330 g/mol. The van der Waals surface area contributed by atoms with Crippen LogP contribution < -0.4 is 5.32 Å². The van der Waals surface area contributed by atoms with Crippen LogP contribution in [0, 0.1) is 0 Å². The summed E-state index contributed by atoms with van der Waals surface area (Å²) in [4.78, 5) is 14.0. The lowest BCUT2D eigenvalue weighted by Crippen LogP contribution is -2.34. The maximum atomic E-state index is 11.9. The van der Waals surface area contributed by atoms with Crippen molar-refractivity contribution < 1.29 is 13.2 Å². The van der Waals surface area contributed by atoms with Crippen molar-refractivity contribution in [1.82, 2.24) is 5.32 Å². The molecule has 0 aliphatic carbocycles. The molecule has 4 nitrogen and oxygen atoms in total.